The summed E-state index contributed by atoms with van der Waals surface area (Å²) in [5.41, 5.74) is 7.93. The molecule has 6 nitrogen and oxygen atoms in total. The van der Waals surface area contributed by atoms with Crippen molar-refractivity contribution < 1.29 is 4.79 Å². The molecule has 0 aliphatic rings. The van der Waals surface area contributed by atoms with Gasteiger partial charge >= 0.3 is 0 Å². The summed E-state index contributed by atoms with van der Waals surface area (Å²) >= 11 is 0. The molecule has 0 saturated heterocycles. The Morgan fingerprint density at radius 2 is 1.88 bits per heavy atom. The number of aryl methyl sites for hydroxylation is 2. The van der Waals surface area contributed by atoms with E-state index in [2.05, 4.69) is 41.5 Å². The Bertz CT molecular complexity index is 1020. The highest BCUT2D eigenvalue weighted by atomic mass is 16.2. The number of anilines is 1. The van der Waals surface area contributed by atoms with Crippen LogP contribution in [0.3, 0.4) is 0 Å². The van der Waals surface area contributed by atoms with Gasteiger partial charge in [-0.05, 0) is 42.2 Å². The van der Waals surface area contributed by atoms with Crippen LogP contribution in [0.1, 0.15) is 16.8 Å². The second kappa shape index (κ2) is 7.39. The molecule has 6 heteroatoms. The van der Waals surface area contributed by atoms with E-state index in [4.69, 9.17) is 5.73 Å². The van der Waals surface area contributed by atoms with Crippen molar-refractivity contribution >= 4 is 22.5 Å². The average Bonchev–Trinajstić information content (AvgIpc) is 2.62. The number of carbonyl (C=O) groups excluding carboxylic acids is 1. The molecule has 0 aliphatic carbocycles. The summed E-state index contributed by atoms with van der Waals surface area (Å²) in [5, 5.41) is 5.54. The molecule has 3 rings (SSSR count). The van der Waals surface area contributed by atoms with Crippen molar-refractivity contribution in [1.82, 2.24) is 9.55 Å². The fourth-order valence-electron chi connectivity index (χ4n) is 3.09. The average molecular weight is 350 g/mol. The maximum Gasteiger partial charge on any atom is 0.293 e. The van der Waals surface area contributed by atoms with Gasteiger partial charge in [-0.25, -0.2) is 4.98 Å². The molecule has 1 aromatic heterocycles. The summed E-state index contributed by atoms with van der Waals surface area (Å²) < 4.78 is 1.33. The Labute approximate surface area is 151 Å². The number of nitrogens with two attached hydrogens (primary N) is 1. The lowest BCUT2D eigenvalue weighted by Crippen LogP contribution is -2.32. The molecular formula is C20H22N4O2. The molecule has 1 amide bonds. The first-order valence-corrected chi connectivity index (χ1v) is 8.53. The van der Waals surface area contributed by atoms with Crippen molar-refractivity contribution in [2.75, 3.05) is 11.9 Å². The molecule has 0 spiro atoms. The third-order valence-electron chi connectivity index (χ3n) is 4.49. The number of aromatic nitrogens is 2. The van der Waals surface area contributed by atoms with E-state index in [-0.39, 0.29) is 17.9 Å². The largest absolute Gasteiger partial charge is 0.368 e. The normalized spacial score (nSPS) is 10.8. The fourth-order valence-corrected chi connectivity index (χ4v) is 3.09. The molecule has 1 heterocycles. The third-order valence-corrected chi connectivity index (χ3v) is 4.49. The van der Waals surface area contributed by atoms with Crippen molar-refractivity contribution in [2.45, 2.75) is 26.8 Å². The van der Waals surface area contributed by atoms with Crippen molar-refractivity contribution in [2.24, 2.45) is 5.73 Å². The van der Waals surface area contributed by atoms with Crippen molar-refractivity contribution in [3.05, 3.63) is 69.8 Å². The van der Waals surface area contributed by atoms with Crippen LogP contribution in [0.2, 0.25) is 0 Å². The number of nitrogens with one attached hydrogen (secondary N) is 1. The smallest absolute Gasteiger partial charge is 0.293 e. The maximum atomic E-state index is 12.5. The number of nitrogens with zero attached hydrogens (tertiary/aromatic N) is 2. The van der Waals surface area contributed by atoms with Crippen molar-refractivity contribution in [3.63, 3.8) is 0 Å². The van der Waals surface area contributed by atoms with Crippen LogP contribution in [0.5, 0.6) is 0 Å². The van der Waals surface area contributed by atoms with Crippen LogP contribution < -0.4 is 16.6 Å². The van der Waals surface area contributed by atoms with Gasteiger partial charge in [-0.2, -0.15) is 0 Å². The molecule has 0 radical (unpaired) electrons. The minimum absolute atomic E-state index is 0.148. The number of primary amides is 1. The van der Waals surface area contributed by atoms with Gasteiger partial charge in [0.1, 0.15) is 6.54 Å². The Balaban J connectivity index is 1.78. The van der Waals surface area contributed by atoms with Crippen LogP contribution >= 0.6 is 0 Å². The number of rotatable bonds is 6. The summed E-state index contributed by atoms with van der Waals surface area (Å²) in [6.07, 6.45) is 2.32. The van der Waals surface area contributed by atoms with E-state index in [1.165, 1.54) is 26.5 Å². The van der Waals surface area contributed by atoms with E-state index >= 15 is 0 Å². The third kappa shape index (κ3) is 3.59. The topological polar surface area (TPSA) is 90.0 Å². The van der Waals surface area contributed by atoms with Crippen LogP contribution in [0, 0.1) is 13.8 Å². The van der Waals surface area contributed by atoms with Gasteiger partial charge in [0.25, 0.3) is 5.56 Å². The van der Waals surface area contributed by atoms with Crippen molar-refractivity contribution in [1.29, 1.82) is 0 Å². The maximum absolute atomic E-state index is 12.5. The minimum Gasteiger partial charge on any atom is -0.368 e. The van der Waals surface area contributed by atoms with E-state index in [1.54, 1.807) is 13.1 Å². The summed E-state index contributed by atoms with van der Waals surface area (Å²) in [6.45, 7) is 4.24. The number of carbonyl (C=O) groups is 1. The van der Waals surface area contributed by atoms with E-state index in [9.17, 15) is 9.59 Å². The van der Waals surface area contributed by atoms with Gasteiger partial charge in [-0.15, -0.1) is 0 Å². The molecule has 0 unspecified atom stereocenters. The minimum atomic E-state index is -0.557. The predicted molar refractivity (Wildman–Crippen MR) is 103 cm³/mol. The quantitative estimate of drug-likeness (QED) is 0.713. The van der Waals surface area contributed by atoms with Crippen molar-refractivity contribution in [3.8, 4) is 0 Å². The standard InChI is InChI=1S/C20H22N4O2/c1-13-7-8-15(17-6-4-3-5-16(13)17)9-10-22-19-20(26)24(12-18(21)25)14(2)11-23-19/h3-8,11H,9-10,12H2,1-2H3,(H2,21,25)(H,22,23). The lowest BCUT2D eigenvalue weighted by Gasteiger charge is -2.12. The molecular weight excluding hydrogens is 328 g/mol. The van der Waals surface area contributed by atoms with Gasteiger partial charge in [-0.1, -0.05) is 36.4 Å². The first kappa shape index (κ1) is 17.7. The summed E-state index contributed by atoms with van der Waals surface area (Å²) in [7, 11) is 0. The fraction of sp³-hybridized carbons (Fsp3) is 0.250. The zero-order valence-electron chi connectivity index (χ0n) is 15.0. The Hall–Kier alpha value is -3.15. The highest BCUT2D eigenvalue weighted by molar-refractivity contribution is 5.88. The number of fused-ring (bicyclic) bond motifs is 1. The lowest BCUT2D eigenvalue weighted by atomic mass is 9.98. The Morgan fingerprint density at radius 1 is 1.15 bits per heavy atom. The second-order valence-electron chi connectivity index (χ2n) is 6.37. The van der Waals surface area contributed by atoms with Crippen LogP contribution in [-0.4, -0.2) is 22.0 Å². The van der Waals surface area contributed by atoms with E-state index in [0.29, 0.717) is 12.2 Å². The molecule has 0 saturated carbocycles. The number of benzene rings is 2. The molecule has 0 atom stereocenters. The highest BCUT2D eigenvalue weighted by Crippen LogP contribution is 2.22. The van der Waals surface area contributed by atoms with E-state index in [1.807, 2.05) is 12.1 Å². The van der Waals surface area contributed by atoms with Gasteiger partial charge in [0.2, 0.25) is 5.91 Å². The number of amides is 1. The highest BCUT2D eigenvalue weighted by Gasteiger charge is 2.10. The van der Waals surface area contributed by atoms with Gasteiger partial charge in [-0.3, -0.25) is 14.2 Å². The monoisotopic (exact) mass is 350 g/mol. The zero-order chi connectivity index (χ0) is 18.7. The second-order valence-corrected chi connectivity index (χ2v) is 6.37. The van der Waals surface area contributed by atoms with Crippen LogP contribution in [0.4, 0.5) is 5.82 Å². The van der Waals surface area contributed by atoms with Gasteiger partial charge in [0.15, 0.2) is 5.82 Å². The molecule has 2 aromatic carbocycles. The Kier molecular flexibility index (Phi) is 5.02. The molecule has 3 N–H and O–H groups in total. The molecule has 0 fully saturated rings. The van der Waals surface area contributed by atoms with E-state index < -0.39 is 5.91 Å². The van der Waals surface area contributed by atoms with Crippen LogP contribution in [0.25, 0.3) is 10.8 Å². The first-order chi connectivity index (χ1) is 12.5. The molecule has 26 heavy (non-hydrogen) atoms. The molecule has 0 aliphatic heterocycles. The van der Waals surface area contributed by atoms with Crippen LogP contribution in [-0.2, 0) is 17.8 Å². The number of hydrogen-bond acceptors (Lipinski definition) is 4. The predicted octanol–water partition coefficient (Wildman–Crippen LogP) is 2.15. The molecule has 0 bridgehead atoms. The molecule has 134 valence electrons. The van der Waals surface area contributed by atoms with Crippen LogP contribution in [0.15, 0.2) is 47.4 Å². The lowest BCUT2D eigenvalue weighted by molar-refractivity contribution is -0.118. The first-order valence-electron chi connectivity index (χ1n) is 8.53. The van der Waals surface area contributed by atoms with Gasteiger partial charge in [0, 0.05) is 18.4 Å². The number of hydrogen-bond donors (Lipinski definition) is 2. The zero-order valence-corrected chi connectivity index (χ0v) is 15.0. The summed E-state index contributed by atoms with van der Waals surface area (Å²) in [6, 6.07) is 12.5. The summed E-state index contributed by atoms with van der Waals surface area (Å²) in [4.78, 5) is 27.8. The molecule has 3 aromatic rings. The van der Waals surface area contributed by atoms with Gasteiger partial charge in [0.05, 0.1) is 0 Å². The van der Waals surface area contributed by atoms with E-state index in [0.717, 1.165) is 6.42 Å². The van der Waals surface area contributed by atoms with Gasteiger partial charge < -0.3 is 11.1 Å². The Morgan fingerprint density at radius 3 is 2.62 bits per heavy atom. The summed E-state index contributed by atoms with van der Waals surface area (Å²) in [5.74, 6) is -0.327. The SMILES string of the molecule is Cc1ccc(CCNc2ncc(C)n(CC(N)=O)c2=O)c2ccccc12.